The minimum atomic E-state index is -0.404. The zero-order valence-corrected chi connectivity index (χ0v) is 17.8. The molecule has 2 rings (SSSR count). The van der Waals surface area contributed by atoms with E-state index in [4.69, 9.17) is 9.47 Å². The number of Topliss-reactive ketones (excluding diaryl/α,β-unsaturated/α-hetero) is 1. The van der Waals surface area contributed by atoms with E-state index in [-0.39, 0.29) is 11.8 Å². The topological polar surface area (TPSA) is 71.6 Å². The van der Waals surface area contributed by atoms with Crippen molar-refractivity contribution in [2.75, 3.05) is 20.8 Å². The highest BCUT2D eigenvalue weighted by Gasteiger charge is 2.27. The number of benzene rings is 1. The van der Waals surface area contributed by atoms with Gasteiger partial charge in [-0.1, -0.05) is 17.7 Å². The van der Waals surface area contributed by atoms with E-state index < -0.39 is 5.97 Å². The molecule has 0 amide bonds. The predicted octanol–water partition coefficient (Wildman–Crippen LogP) is 3.83. The van der Waals surface area contributed by atoms with Crippen LogP contribution in [0.2, 0.25) is 0 Å². The van der Waals surface area contributed by atoms with Crippen molar-refractivity contribution in [2.24, 2.45) is 0 Å². The Labute approximate surface area is 166 Å². The minimum absolute atomic E-state index is 0.0646. The zero-order chi connectivity index (χ0) is 21.0. The fourth-order valence-corrected chi connectivity index (χ4v) is 3.35. The number of aromatic amines is 1. The third-order valence-corrected chi connectivity index (χ3v) is 5.06. The van der Waals surface area contributed by atoms with Crippen molar-refractivity contribution in [3.8, 4) is 5.75 Å². The summed E-state index contributed by atoms with van der Waals surface area (Å²) in [4.78, 5) is 30.4. The van der Waals surface area contributed by atoms with Crippen molar-refractivity contribution in [1.29, 1.82) is 0 Å². The van der Waals surface area contributed by atoms with Crippen LogP contribution in [-0.4, -0.2) is 48.4 Å². The van der Waals surface area contributed by atoms with Crippen LogP contribution in [0.1, 0.15) is 57.1 Å². The van der Waals surface area contributed by atoms with Gasteiger partial charge in [-0.2, -0.15) is 0 Å². The number of hydrogen-bond donors (Lipinski definition) is 1. The van der Waals surface area contributed by atoms with E-state index in [1.165, 1.54) is 0 Å². The van der Waals surface area contributed by atoms with E-state index >= 15 is 0 Å². The largest absolute Gasteiger partial charge is 0.496 e. The Kier molecular flexibility index (Phi) is 7.02. The Balaban J connectivity index is 2.24. The van der Waals surface area contributed by atoms with Crippen LogP contribution >= 0.6 is 0 Å². The van der Waals surface area contributed by atoms with E-state index in [0.29, 0.717) is 35.7 Å². The molecule has 1 N–H and O–H groups in total. The average Bonchev–Trinajstić information content (AvgIpc) is 2.95. The summed E-state index contributed by atoms with van der Waals surface area (Å²) in [6.45, 7) is 10.1. The van der Waals surface area contributed by atoms with Crippen LogP contribution in [0.5, 0.6) is 5.75 Å². The molecule has 6 heteroatoms. The summed E-state index contributed by atoms with van der Waals surface area (Å²) < 4.78 is 10.6. The molecule has 0 unspecified atom stereocenters. The first kappa shape index (κ1) is 21.7. The van der Waals surface area contributed by atoms with E-state index in [1.54, 1.807) is 27.9 Å². The summed E-state index contributed by atoms with van der Waals surface area (Å²) >= 11 is 0. The van der Waals surface area contributed by atoms with Gasteiger partial charge < -0.3 is 14.5 Å². The van der Waals surface area contributed by atoms with Crippen LogP contribution in [0.25, 0.3) is 0 Å². The number of esters is 1. The highest BCUT2D eigenvalue weighted by atomic mass is 16.5. The summed E-state index contributed by atoms with van der Waals surface area (Å²) in [5, 5.41) is 0. The number of methoxy groups -OCH3 is 1. The molecule has 0 spiro atoms. The van der Waals surface area contributed by atoms with Gasteiger partial charge >= 0.3 is 5.97 Å². The maximum absolute atomic E-state index is 13.1. The second kappa shape index (κ2) is 9.06. The number of nitrogens with zero attached hydrogens (tertiary/aromatic N) is 1. The summed E-state index contributed by atoms with van der Waals surface area (Å²) in [5.41, 5.74) is 4.34. The fourth-order valence-electron chi connectivity index (χ4n) is 3.35. The van der Waals surface area contributed by atoms with E-state index in [0.717, 1.165) is 16.9 Å². The number of likely N-dealkylation sites (N-methyl/N-ethyl adjacent to an activating group) is 1. The van der Waals surface area contributed by atoms with Gasteiger partial charge in [0, 0.05) is 17.8 Å². The van der Waals surface area contributed by atoms with Gasteiger partial charge in [-0.15, -0.1) is 0 Å². The first-order valence-corrected chi connectivity index (χ1v) is 9.45. The van der Waals surface area contributed by atoms with Gasteiger partial charge in [-0.25, -0.2) is 4.79 Å². The van der Waals surface area contributed by atoms with Gasteiger partial charge in [-0.3, -0.25) is 9.69 Å². The van der Waals surface area contributed by atoms with Crippen molar-refractivity contribution in [3.63, 3.8) is 0 Å². The van der Waals surface area contributed by atoms with Gasteiger partial charge in [0.2, 0.25) is 0 Å². The lowest BCUT2D eigenvalue weighted by Crippen LogP contribution is -2.36. The number of aromatic nitrogens is 1. The number of ketones is 1. The second-order valence-electron chi connectivity index (χ2n) is 7.12. The summed E-state index contributed by atoms with van der Waals surface area (Å²) in [5.74, 6) is 0.331. The zero-order valence-electron chi connectivity index (χ0n) is 17.8. The molecule has 1 atom stereocenters. The second-order valence-corrected chi connectivity index (χ2v) is 7.12. The van der Waals surface area contributed by atoms with E-state index in [9.17, 15) is 9.59 Å². The van der Waals surface area contributed by atoms with Crippen molar-refractivity contribution in [3.05, 3.63) is 51.8 Å². The lowest BCUT2D eigenvalue weighted by atomic mass is 10.0. The smallest absolute Gasteiger partial charge is 0.340 e. The summed E-state index contributed by atoms with van der Waals surface area (Å²) in [6.07, 6.45) is 0. The van der Waals surface area contributed by atoms with Crippen molar-refractivity contribution in [1.82, 2.24) is 9.88 Å². The molecule has 6 nitrogen and oxygen atoms in total. The molecule has 0 aliphatic heterocycles. The maximum atomic E-state index is 13.1. The maximum Gasteiger partial charge on any atom is 0.340 e. The molecule has 0 aliphatic rings. The molecule has 0 fully saturated rings. The lowest BCUT2D eigenvalue weighted by Gasteiger charge is -2.24. The molecule has 28 heavy (non-hydrogen) atoms. The summed E-state index contributed by atoms with van der Waals surface area (Å²) in [7, 11) is 3.55. The van der Waals surface area contributed by atoms with Crippen LogP contribution in [0.3, 0.4) is 0 Å². The number of H-pyrrole nitrogens is 1. The number of nitrogens with one attached hydrogen (secondary N) is 1. The monoisotopic (exact) mass is 386 g/mol. The Bertz CT molecular complexity index is 870. The van der Waals surface area contributed by atoms with Crippen LogP contribution in [-0.2, 0) is 11.3 Å². The quantitative estimate of drug-likeness (QED) is 0.551. The molecule has 0 bridgehead atoms. The van der Waals surface area contributed by atoms with Crippen molar-refractivity contribution < 1.29 is 19.1 Å². The molecule has 152 valence electrons. The Hall–Kier alpha value is -2.60. The molecule has 0 saturated carbocycles. The highest BCUT2D eigenvalue weighted by Crippen LogP contribution is 2.24. The first-order chi connectivity index (χ1) is 13.2. The van der Waals surface area contributed by atoms with Crippen LogP contribution < -0.4 is 4.74 Å². The van der Waals surface area contributed by atoms with Crippen LogP contribution in [0.4, 0.5) is 0 Å². The molecular weight excluding hydrogens is 356 g/mol. The molecule has 1 heterocycles. The Morgan fingerprint density at radius 2 is 1.89 bits per heavy atom. The third-order valence-electron chi connectivity index (χ3n) is 5.06. The number of hydrogen-bond acceptors (Lipinski definition) is 5. The molecule has 0 radical (unpaired) electrons. The molecule has 2 aromatic rings. The van der Waals surface area contributed by atoms with Gasteiger partial charge in [0.25, 0.3) is 0 Å². The molecule has 1 aromatic carbocycles. The normalized spacial score (nSPS) is 12.1. The summed E-state index contributed by atoms with van der Waals surface area (Å²) in [6, 6.07) is 5.63. The Morgan fingerprint density at radius 3 is 2.50 bits per heavy atom. The number of ether oxygens (including phenoxy) is 2. The fraction of sp³-hybridized carbons (Fsp3) is 0.455. The number of carbonyl (C=O) groups is 2. The average molecular weight is 386 g/mol. The van der Waals surface area contributed by atoms with E-state index in [1.807, 2.05) is 37.9 Å². The third kappa shape index (κ3) is 4.44. The molecule has 0 saturated heterocycles. The van der Waals surface area contributed by atoms with Gasteiger partial charge in [0.05, 0.1) is 31.0 Å². The number of carbonyl (C=O) groups excluding carboxylic acids is 2. The van der Waals surface area contributed by atoms with Gasteiger partial charge in [-0.05, 0) is 53.3 Å². The van der Waals surface area contributed by atoms with Gasteiger partial charge in [0.1, 0.15) is 5.75 Å². The van der Waals surface area contributed by atoms with Crippen molar-refractivity contribution in [2.45, 2.75) is 47.2 Å². The molecule has 0 aliphatic carbocycles. The number of rotatable bonds is 8. The highest BCUT2D eigenvalue weighted by molar-refractivity contribution is 6.03. The molecule has 1 aromatic heterocycles. The minimum Gasteiger partial charge on any atom is -0.496 e. The van der Waals surface area contributed by atoms with Crippen LogP contribution in [0.15, 0.2) is 18.2 Å². The SMILES string of the molecule is CCOC(=O)c1c(C)[nH]c(C(=O)[C@@H](C)N(C)Cc2cc(C)ccc2OC)c1C. The number of aryl methyl sites for hydroxylation is 2. The van der Waals surface area contributed by atoms with Gasteiger partial charge in [0.15, 0.2) is 5.78 Å². The molecular formula is C22H30N2O4. The van der Waals surface area contributed by atoms with Crippen LogP contribution in [0, 0.1) is 20.8 Å². The van der Waals surface area contributed by atoms with Crippen molar-refractivity contribution >= 4 is 11.8 Å². The Morgan fingerprint density at radius 1 is 1.21 bits per heavy atom. The van der Waals surface area contributed by atoms with E-state index in [2.05, 4.69) is 11.1 Å². The first-order valence-electron chi connectivity index (χ1n) is 9.45. The lowest BCUT2D eigenvalue weighted by molar-refractivity contribution is 0.0525. The standard InChI is InChI=1S/C22H30N2O4/c1-8-28-22(26)19-14(3)20(23-15(19)4)21(25)16(5)24(6)12-17-11-13(2)9-10-18(17)27-7/h9-11,16,23H,8,12H2,1-7H3/t16-/m1/s1. The predicted molar refractivity (Wildman–Crippen MR) is 109 cm³/mol.